The number of nitrogens with zero attached hydrogens (tertiary/aromatic N) is 4. The average Bonchev–Trinajstić information content (AvgIpc) is 3.44. The van der Waals surface area contributed by atoms with E-state index in [2.05, 4.69) is 27.4 Å². The normalized spacial score (nSPS) is 21.1. The number of para-hydroxylation sites is 2. The summed E-state index contributed by atoms with van der Waals surface area (Å²) in [5, 5.41) is 6.71. The second-order valence-electron chi connectivity index (χ2n) is 9.86. The molecule has 1 saturated carbocycles. The maximum absolute atomic E-state index is 13.1. The van der Waals surface area contributed by atoms with Crippen molar-refractivity contribution >= 4 is 29.0 Å². The highest BCUT2D eigenvalue weighted by Gasteiger charge is 2.41. The highest BCUT2D eigenvalue weighted by molar-refractivity contribution is 6.04. The first-order valence-corrected chi connectivity index (χ1v) is 13.4. The van der Waals surface area contributed by atoms with Crippen molar-refractivity contribution in [2.45, 2.75) is 70.1 Å². The van der Waals surface area contributed by atoms with E-state index in [0.717, 1.165) is 68.1 Å². The van der Waals surface area contributed by atoms with Gasteiger partial charge in [-0.2, -0.15) is 4.98 Å². The van der Waals surface area contributed by atoms with Crippen LogP contribution in [0.3, 0.4) is 0 Å². The van der Waals surface area contributed by atoms with Crippen molar-refractivity contribution in [1.29, 1.82) is 0 Å². The fourth-order valence-electron chi connectivity index (χ4n) is 5.59. The molecule has 2 fully saturated rings. The Morgan fingerprint density at radius 2 is 1.89 bits per heavy atom. The second kappa shape index (κ2) is 11.4. The summed E-state index contributed by atoms with van der Waals surface area (Å²) in [5.41, 5.74) is 1.57. The van der Waals surface area contributed by atoms with Crippen LogP contribution in [0, 0.1) is 0 Å². The molecule has 2 N–H and O–H groups in total. The van der Waals surface area contributed by atoms with Crippen LogP contribution in [-0.4, -0.2) is 67.4 Å². The summed E-state index contributed by atoms with van der Waals surface area (Å²) < 4.78 is 12.0. The highest BCUT2D eigenvalue weighted by Crippen LogP contribution is 2.40. The van der Waals surface area contributed by atoms with Gasteiger partial charge in [0.25, 0.3) is 0 Å². The quantitative estimate of drug-likeness (QED) is 0.508. The van der Waals surface area contributed by atoms with E-state index < -0.39 is 0 Å². The van der Waals surface area contributed by atoms with Gasteiger partial charge in [-0.05, 0) is 57.3 Å². The van der Waals surface area contributed by atoms with Gasteiger partial charge in [-0.1, -0.05) is 31.9 Å². The smallest absolute Gasteiger partial charge is 0.249 e. The van der Waals surface area contributed by atoms with E-state index in [9.17, 15) is 4.79 Å². The van der Waals surface area contributed by atoms with Crippen LogP contribution in [0.25, 0.3) is 0 Å². The lowest BCUT2D eigenvalue weighted by Gasteiger charge is -2.43. The number of anilines is 4. The summed E-state index contributed by atoms with van der Waals surface area (Å²) >= 11 is 0. The molecular weight excluding hydrogens is 456 g/mol. The van der Waals surface area contributed by atoms with Gasteiger partial charge in [-0.25, -0.2) is 4.98 Å². The van der Waals surface area contributed by atoms with Gasteiger partial charge in [-0.3, -0.25) is 4.79 Å². The van der Waals surface area contributed by atoms with E-state index in [1.165, 1.54) is 12.8 Å². The third kappa shape index (κ3) is 5.27. The predicted molar refractivity (Wildman–Crippen MR) is 141 cm³/mol. The van der Waals surface area contributed by atoms with Crippen LogP contribution in [0.5, 0.6) is 5.75 Å². The van der Waals surface area contributed by atoms with Crippen LogP contribution in [0.4, 0.5) is 23.1 Å². The Labute approximate surface area is 213 Å². The van der Waals surface area contributed by atoms with Gasteiger partial charge >= 0.3 is 0 Å². The molecule has 5 rings (SSSR count). The molecule has 1 saturated heterocycles. The molecule has 1 amide bonds. The molecule has 0 radical (unpaired) electrons. The number of amides is 1. The van der Waals surface area contributed by atoms with Crippen molar-refractivity contribution in [1.82, 2.24) is 15.3 Å². The van der Waals surface area contributed by atoms with Gasteiger partial charge in [0.2, 0.25) is 11.9 Å². The van der Waals surface area contributed by atoms with Crippen LogP contribution in [0.2, 0.25) is 0 Å². The number of carbonyl (C=O) groups is 1. The van der Waals surface area contributed by atoms with Gasteiger partial charge in [0.05, 0.1) is 24.6 Å². The number of benzene rings is 1. The van der Waals surface area contributed by atoms with Crippen LogP contribution in [0.1, 0.15) is 51.9 Å². The SMILES string of the molecule is CC[C@@H]1C(=O)N(C)c2cnc(Nc3ccccc3OCCOC3CCNCC3)nc2N1C1CCCC1. The van der Waals surface area contributed by atoms with Gasteiger partial charge in [0.1, 0.15) is 24.1 Å². The molecule has 9 heteroatoms. The standard InChI is InChI=1S/C27H38N6O3/c1-3-22-26(34)32(2)23-18-29-27(31-25(23)33(22)19-8-4-5-9-19)30-21-10-6-7-11-24(21)36-17-16-35-20-12-14-28-15-13-20/h6-7,10-11,18-20,22,28H,3-5,8-9,12-17H2,1-2H3,(H,29,30,31)/t22-/m1/s1. The molecule has 0 unspecified atom stereocenters. The number of rotatable bonds is 9. The lowest BCUT2D eigenvalue weighted by molar-refractivity contribution is -0.120. The topological polar surface area (TPSA) is 91.9 Å². The Hall–Kier alpha value is -2.91. The summed E-state index contributed by atoms with van der Waals surface area (Å²) in [4.78, 5) is 26.6. The van der Waals surface area contributed by atoms with Crippen LogP contribution < -0.4 is 25.2 Å². The number of ether oxygens (including phenoxy) is 2. The number of carbonyl (C=O) groups excluding carboxylic acids is 1. The van der Waals surface area contributed by atoms with E-state index in [-0.39, 0.29) is 11.9 Å². The number of hydrogen-bond donors (Lipinski definition) is 2. The molecule has 2 aliphatic heterocycles. The molecule has 9 nitrogen and oxygen atoms in total. The lowest BCUT2D eigenvalue weighted by Crippen LogP contribution is -2.55. The number of likely N-dealkylation sites (N-methyl/N-ethyl adjacent to an activating group) is 1. The molecule has 3 aliphatic rings. The van der Waals surface area contributed by atoms with Crippen molar-refractivity contribution in [3.63, 3.8) is 0 Å². The minimum absolute atomic E-state index is 0.117. The van der Waals surface area contributed by atoms with Gasteiger partial charge in [-0.15, -0.1) is 0 Å². The van der Waals surface area contributed by atoms with Crippen molar-refractivity contribution in [2.75, 3.05) is 48.5 Å². The van der Waals surface area contributed by atoms with Gasteiger partial charge < -0.3 is 29.9 Å². The molecular formula is C27H38N6O3. The molecule has 1 aromatic carbocycles. The summed E-state index contributed by atoms with van der Waals surface area (Å²) in [5.74, 6) is 2.18. The summed E-state index contributed by atoms with van der Waals surface area (Å²) in [6.45, 7) is 5.14. The van der Waals surface area contributed by atoms with Crippen LogP contribution in [-0.2, 0) is 9.53 Å². The number of fused-ring (bicyclic) bond motifs is 1. The predicted octanol–water partition coefficient (Wildman–Crippen LogP) is 3.87. The van der Waals surface area contributed by atoms with E-state index in [1.807, 2.05) is 31.3 Å². The van der Waals surface area contributed by atoms with Crippen LogP contribution >= 0.6 is 0 Å². The molecule has 194 valence electrons. The van der Waals surface area contributed by atoms with Crippen LogP contribution in [0.15, 0.2) is 30.5 Å². The van der Waals surface area contributed by atoms with Crippen molar-refractivity contribution < 1.29 is 14.3 Å². The molecule has 0 spiro atoms. The lowest BCUT2D eigenvalue weighted by atomic mass is 10.0. The zero-order valence-electron chi connectivity index (χ0n) is 21.4. The van der Waals surface area contributed by atoms with E-state index >= 15 is 0 Å². The zero-order chi connectivity index (χ0) is 24.9. The largest absolute Gasteiger partial charge is 0.489 e. The fourth-order valence-corrected chi connectivity index (χ4v) is 5.59. The molecule has 2 aromatic rings. The maximum atomic E-state index is 13.1. The molecule has 1 atom stereocenters. The molecule has 1 aliphatic carbocycles. The summed E-state index contributed by atoms with van der Waals surface area (Å²) in [7, 11) is 1.82. The summed E-state index contributed by atoms with van der Waals surface area (Å²) in [6, 6.07) is 7.97. The van der Waals surface area contributed by atoms with E-state index in [0.29, 0.717) is 31.3 Å². The van der Waals surface area contributed by atoms with E-state index in [4.69, 9.17) is 14.5 Å². The van der Waals surface area contributed by atoms with Crippen molar-refractivity contribution in [3.05, 3.63) is 30.5 Å². The maximum Gasteiger partial charge on any atom is 0.249 e. The minimum Gasteiger partial charge on any atom is -0.489 e. The first-order valence-electron chi connectivity index (χ1n) is 13.4. The highest BCUT2D eigenvalue weighted by atomic mass is 16.5. The van der Waals surface area contributed by atoms with Crippen molar-refractivity contribution in [2.24, 2.45) is 0 Å². The molecule has 0 bridgehead atoms. The Balaban J connectivity index is 1.31. The van der Waals surface area contributed by atoms with Crippen molar-refractivity contribution in [3.8, 4) is 5.75 Å². The zero-order valence-corrected chi connectivity index (χ0v) is 21.4. The Morgan fingerprint density at radius 3 is 2.67 bits per heavy atom. The Morgan fingerprint density at radius 1 is 1.11 bits per heavy atom. The third-order valence-corrected chi connectivity index (χ3v) is 7.53. The first-order chi connectivity index (χ1) is 17.7. The molecule has 1 aromatic heterocycles. The number of nitrogens with one attached hydrogen (secondary N) is 2. The number of piperidine rings is 1. The monoisotopic (exact) mass is 494 g/mol. The first kappa shape index (κ1) is 24.8. The summed E-state index contributed by atoms with van der Waals surface area (Å²) in [6.07, 6.45) is 9.49. The minimum atomic E-state index is -0.191. The van der Waals surface area contributed by atoms with Gasteiger partial charge in [0.15, 0.2) is 5.82 Å². The Bertz CT molecular complexity index is 1040. The third-order valence-electron chi connectivity index (χ3n) is 7.53. The second-order valence-corrected chi connectivity index (χ2v) is 9.86. The number of hydrogen-bond acceptors (Lipinski definition) is 8. The van der Waals surface area contributed by atoms with Gasteiger partial charge in [0, 0.05) is 13.1 Å². The Kier molecular flexibility index (Phi) is 7.87. The van der Waals surface area contributed by atoms with E-state index in [1.54, 1.807) is 11.1 Å². The fraction of sp³-hybridized carbons (Fsp3) is 0.593. The molecule has 36 heavy (non-hydrogen) atoms. The molecule has 3 heterocycles. The average molecular weight is 495 g/mol. The number of aromatic nitrogens is 2.